The van der Waals surface area contributed by atoms with Gasteiger partial charge in [-0.1, -0.05) is 300 Å². The molecule has 92 heavy (non-hydrogen) atoms. The number of aromatic nitrogens is 1. The lowest BCUT2D eigenvalue weighted by atomic mass is 9.33. The molecule has 0 atom stereocenters. The van der Waals surface area contributed by atoms with Gasteiger partial charge in [-0.15, -0.1) is 0 Å². The number of fused-ring (bicyclic) bond motifs is 7. The highest BCUT2D eigenvalue weighted by atomic mass is 15.2. The second-order valence-corrected chi connectivity index (χ2v) is 25.5. The Morgan fingerprint density at radius 3 is 1.05 bits per heavy atom. The quantitative estimate of drug-likeness (QED) is 0.126. The Balaban J connectivity index is 1.07. The molecule has 0 aliphatic carbocycles. The summed E-state index contributed by atoms with van der Waals surface area (Å²) in [7, 11) is 0. The Labute approximate surface area is 539 Å². The molecule has 0 saturated carbocycles. The number of anilines is 6. The minimum Gasteiger partial charge on any atom is -0.310 e. The van der Waals surface area contributed by atoms with Crippen molar-refractivity contribution in [2.75, 3.05) is 9.80 Å². The summed E-state index contributed by atoms with van der Waals surface area (Å²) in [5.74, 6) is 0. The van der Waals surface area contributed by atoms with Gasteiger partial charge in [0, 0.05) is 61.5 Å². The van der Waals surface area contributed by atoms with Crippen LogP contribution in [0.2, 0.25) is 0 Å². The van der Waals surface area contributed by atoms with Crippen LogP contribution in [-0.2, 0) is 5.41 Å². The van der Waals surface area contributed by atoms with E-state index in [2.05, 4.69) is 369 Å². The molecule has 0 unspecified atom stereocenters. The van der Waals surface area contributed by atoms with Crippen molar-refractivity contribution in [3.8, 4) is 83.6 Å². The summed E-state index contributed by atoms with van der Waals surface area (Å²) in [6.45, 7) is 6.91. The van der Waals surface area contributed by atoms with Gasteiger partial charge in [-0.05, 0) is 138 Å². The molecule has 0 spiro atoms. The van der Waals surface area contributed by atoms with Gasteiger partial charge in [-0.2, -0.15) is 0 Å². The van der Waals surface area contributed by atoms with E-state index in [4.69, 9.17) is 0 Å². The number of rotatable bonds is 10. The third-order valence-electron chi connectivity index (χ3n) is 19.1. The largest absolute Gasteiger partial charge is 0.310 e. The van der Waals surface area contributed by atoms with E-state index in [-0.39, 0.29) is 12.1 Å². The van der Waals surface area contributed by atoms with Crippen molar-refractivity contribution in [3.63, 3.8) is 0 Å². The Hall–Kier alpha value is -11.5. The zero-order chi connectivity index (χ0) is 61.4. The highest BCUT2D eigenvalue weighted by molar-refractivity contribution is 7.00. The fourth-order valence-corrected chi connectivity index (χ4v) is 14.9. The van der Waals surface area contributed by atoms with Crippen molar-refractivity contribution in [1.29, 1.82) is 0 Å². The molecule has 0 N–H and O–H groups in total. The lowest BCUT2D eigenvalue weighted by Gasteiger charge is -2.46. The summed E-state index contributed by atoms with van der Waals surface area (Å²) in [5.41, 5.74) is 31.3. The maximum absolute atomic E-state index is 2.67. The molecule has 17 rings (SSSR count). The van der Waals surface area contributed by atoms with Gasteiger partial charge in [0.1, 0.15) is 0 Å². The first-order valence-electron chi connectivity index (χ1n) is 32.1. The van der Waals surface area contributed by atoms with Gasteiger partial charge in [0.25, 0.3) is 6.71 Å². The third kappa shape index (κ3) is 9.12. The maximum atomic E-state index is 2.67. The average Bonchev–Trinajstić information content (AvgIpc) is 0.736. The molecular formula is C88H64BN3. The molecule has 1 aromatic heterocycles. The van der Waals surface area contributed by atoms with Crippen LogP contribution in [-0.4, -0.2) is 11.3 Å². The van der Waals surface area contributed by atoms with E-state index in [0.717, 1.165) is 95.4 Å². The molecule has 0 fully saturated rings. The molecule has 0 radical (unpaired) electrons. The van der Waals surface area contributed by atoms with Crippen LogP contribution in [0.25, 0.3) is 105 Å². The van der Waals surface area contributed by atoms with E-state index in [1.54, 1.807) is 0 Å². The van der Waals surface area contributed by atoms with Crippen LogP contribution in [0.15, 0.2) is 334 Å². The maximum Gasteiger partial charge on any atom is 0.252 e. The molecule has 3 heterocycles. The Morgan fingerprint density at radius 2 is 0.641 bits per heavy atom. The van der Waals surface area contributed by atoms with Crippen LogP contribution in [0, 0.1) is 0 Å². The first kappa shape index (κ1) is 54.7. The van der Waals surface area contributed by atoms with Gasteiger partial charge >= 0.3 is 0 Å². The van der Waals surface area contributed by atoms with Crippen molar-refractivity contribution in [1.82, 2.24) is 4.57 Å². The van der Waals surface area contributed by atoms with E-state index >= 15 is 0 Å². The molecule has 14 aromatic carbocycles. The minimum absolute atomic E-state index is 0.219. The molecule has 0 bridgehead atoms. The monoisotopic (exact) mass is 1170 g/mol. The van der Waals surface area contributed by atoms with E-state index in [1.807, 2.05) is 0 Å². The molecule has 0 saturated heterocycles. The predicted octanol–water partition coefficient (Wildman–Crippen LogP) is 21.8. The smallest absolute Gasteiger partial charge is 0.252 e. The molecule has 4 heteroatoms. The average molecular weight is 1170 g/mol. The molecule has 434 valence electrons. The normalized spacial score (nSPS) is 12.4. The van der Waals surface area contributed by atoms with Crippen LogP contribution < -0.4 is 26.2 Å². The van der Waals surface area contributed by atoms with Crippen LogP contribution in [0.1, 0.15) is 26.3 Å². The van der Waals surface area contributed by atoms with Gasteiger partial charge < -0.3 is 14.4 Å². The van der Waals surface area contributed by atoms with Gasteiger partial charge in [0.15, 0.2) is 0 Å². The molecular weight excluding hydrogens is 1110 g/mol. The number of hydrogen-bond acceptors (Lipinski definition) is 2. The number of para-hydroxylation sites is 4. The second-order valence-electron chi connectivity index (χ2n) is 25.5. The van der Waals surface area contributed by atoms with Crippen molar-refractivity contribution in [2.45, 2.75) is 26.2 Å². The summed E-state index contributed by atoms with van der Waals surface area (Å²) in [6, 6.07) is 124. The second kappa shape index (κ2) is 22.2. The zero-order valence-electron chi connectivity index (χ0n) is 51.7. The summed E-state index contributed by atoms with van der Waals surface area (Å²) in [6.07, 6.45) is 0. The van der Waals surface area contributed by atoms with Gasteiger partial charge in [0.05, 0.1) is 22.4 Å². The van der Waals surface area contributed by atoms with Crippen molar-refractivity contribution in [3.05, 3.63) is 339 Å². The lowest BCUT2D eigenvalue weighted by Crippen LogP contribution is -2.61. The summed E-state index contributed by atoms with van der Waals surface area (Å²) < 4.78 is 2.50. The first-order valence-corrected chi connectivity index (χ1v) is 32.1. The van der Waals surface area contributed by atoms with Gasteiger partial charge in [-0.25, -0.2) is 0 Å². The number of benzene rings is 14. The van der Waals surface area contributed by atoms with Crippen molar-refractivity contribution < 1.29 is 0 Å². The SMILES string of the molecule is CC(C)(C)c1cc(-c2cc3c4c(c2)N(c2c(-c5ccccc5)cccc2-c2ccccc2)c2ccc(-c5ccccc5)cc2B4c2cc(-c4ccccc4)ccc2N3c2c(-c3ccccc3)cccc2-c2ccccc2)cc2c3ccccc3n(-c3ccccc3)c12. The zero-order valence-corrected chi connectivity index (χ0v) is 51.7. The first-order chi connectivity index (χ1) is 45.3. The molecule has 15 aromatic rings. The van der Waals surface area contributed by atoms with Gasteiger partial charge in [0.2, 0.25) is 0 Å². The van der Waals surface area contributed by atoms with E-state index in [9.17, 15) is 0 Å². The Kier molecular flexibility index (Phi) is 13.2. The molecule has 3 nitrogen and oxygen atoms in total. The molecule has 2 aliphatic rings. The fourth-order valence-electron chi connectivity index (χ4n) is 14.9. The standard InChI is InChI=1S/C88H64BN3/c1-88(2,3)76-54-67(53-75-74-43-25-26-48-79(74)90(87(75)76)69-41-23-10-24-42-69)68-57-82-84-83(58-68)92(86-72(63-37-19-8-20-38-63)46-28-47-73(86)64-39-21-9-22-40-64)81-52-50-66(60-31-13-5-14-32-60)56-78(81)89(84)77-55-65(59-29-11-4-12-30-59)49-51-80(77)91(82)85-70(61-33-15-6-16-34-61)44-27-45-71(85)62-35-17-7-18-36-62/h4-58H,1-3H3. The Bertz CT molecular complexity index is 4930. The Morgan fingerprint density at radius 1 is 0.272 bits per heavy atom. The third-order valence-corrected chi connectivity index (χ3v) is 19.1. The summed E-state index contributed by atoms with van der Waals surface area (Å²) in [5, 5.41) is 2.45. The van der Waals surface area contributed by atoms with E-state index < -0.39 is 0 Å². The highest BCUT2D eigenvalue weighted by Crippen LogP contribution is 2.54. The van der Waals surface area contributed by atoms with Crippen LogP contribution >= 0.6 is 0 Å². The highest BCUT2D eigenvalue weighted by Gasteiger charge is 2.46. The number of hydrogen-bond donors (Lipinski definition) is 0. The molecule has 2 aliphatic heterocycles. The number of nitrogens with zero attached hydrogens (tertiary/aromatic N) is 3. The molecule has 0 amide bonds. The summed E-state index contributed by atoms with van der Waals surface area (Å²) >= 11 is 0. The van der Waals surface area contributed by atoms with E-state index in [0.29, 0.717) is 0 Å². The van der Waals surface area contributed by atoms with E-state index in [1.165, 1.54) is 66.0 Å². The van der Waals surface area contributed by atoms with Crippen molar-refractivity contribution in [2.24, 2.45) is 0 Å². The van der Waals surface area contributed by atoms with Crippen LogP contribution in [0.3, 0.4) is 0 Å². The topological polar surface area (TPSA) is 11.4 Å². The minimum atomic E-state index is -0.260. The van der Waals surface area contributed by atoms with Crippen LogP contribution in [0.4, 0.5) is 34.1 Å². The fraction of sp³-hybridized carbons (Fsp3) is 0.0455. The lowest BCUT2D eigenvalue weighted by molar-refractivity contribution is 0.594. The van der Waals surface area contributed by atoms with Crippen molar-refractivity contribution >= 4 is 79.0 Å². The van der Waals surface area contributed by atoms with Gasteiger partial charge in [-0.3, -0.25) is 0 Å². The summed E-state index contributed by atoms with van der Waals surface area (Å²) in [4.78, 5) is 5.34. The predicted molar refractivity (Wildman–Crippen MR) is 392 cm³/mol. The van der Waals surface area contributed by atoms with Crippen LogP contribution in [0.5, 0.6) is 0 Å².